The summed E-state index contributed by atoms with van der Waals surface area (Å²) >= 11 is 0. The fourth-order valence-corrected chi connectivity index (χ4v) is 7.51. The fourth-order valence-electron chi connectivity index (χ4n) is 6.30. The second-order valence-electron chi connectivity index (χ2n) is 15.0. The van der Waals surface area contributed by atoms with Gasteiger partial charge in [-0.05, 0) is 57.3 Å². The van der Waals surface area contributed by atoms with Crippen LogP contribution in [0.3, 0.4) is 0 Å². The van der Waals surface area contributed by atoms with Crippen molar-refractivity contribution in [2.45, 2.75) is 254 Å². The van der Waals surface area contributed by atoms with E-state index in [1.54, 1.807) is 0 Å². The normalized spacial score (nSPS) is 13.2. The molecule has 4 heteroatoms. The molecule has 0 radical (unpaired) electrons. The molecular formula is C47H98O3S. The van der Waals surface area contributed by atoms with Crippen LogP contribution in [-0.2, 0) is 8.37 Å². The molecule has 2 unspecified atom stereocenters. The standard InChI is InChI=1S/C26H56O3S.C19H36.C2H6/c1-6-9-10-17-20-24-28-30(4,5)29-26(27)23-19-16-14-12-11-13-15-18-22-25(8-3)21-7-2;1-3-5-7-9-11-13-15-17-19-18-16-14-12-10-8-6-4-2;1-2/h25-27H,6-24H2,1-5H3;11,13,18-19H,3-10,12,14-17H2,1-2H3;1-2H3/b;13-11-,19-18-;. The molecule has 310 valence electrons. The van der Waals surface area contributed by atoms with Crippen molar-refractivity contribution in [1.82, 2.24) is 0 Å². The summed E-state index contributed by atoms with van der Waals surface area (Å²) in [7, 11) is -1.60. The third-order valence-electron chi connectivity index (χ3n) is 9.58. The predicted octanol–water partition coefficient (Wildman–Crippen LogP) is 17.2. The molecule has 2 atom stereocenters. The lowest BCUT2D eigenvalue weighted by atomic mass is 9.94. The zero-order valence-corrected chi connectivity index (χ0v) is 37.6. The van der Waals surface area contributed by atoms with E-state index in [2.05, 4.69) is 58.9 Å². The van der Waals surface area contributed by atoms with Crippen molar-refractivity contribution in [2.24, 2.45) is 5.92 Å². The number of hydrogen-bond acceptors (Lipinski definition) is 3. The van der Waals surface area contributed by atoms with Gasteiger partial charge in [0.25, 0.3) is 0 Å². The zero-order valence-electron chi connectivity index (χ0n) is 36.8. The fraction of sp³-hybridized carbons (Fsp3) is 0.915. The molecule has 0 aliphatic rings. The van der Waals surface area contributed by atoms with Gasteiger partial charge >= 0.3 is 0 Å². The summed E-state index contributed by atoms with van der Waals surface area (Å²) < 4.78 is 11.7. The number of rotatable bonds is 37. The molecule has 0 aromatic carbocycles. The Morgan fingerprint density at radius 3 is 1.33 bits per heavy atom. The number of aliphatic hydroxyl groups excluding tert-OH is 1. The largest absolute Gasteiger partial charge is 0.366 e. The smallest absolute Gasteiger partial charge is 0.177 e. The van der Waals surface area contributed by atoms with Crippen LogP contribution in [0.4, 0.5) is 0 Å². The van der Waals surface area contributed by atoms with Crippen molar-refractivity contribution in [3.63, 3.8) is 0 Å². The summed E-state index contributed by atoms with van der Waals surface area (Å²) in [4.78, 5) is 0. The Balaban J connectivity index is -0.000000943. The van der Waals surface area contributed by atoms with Gasteiger partial charge in [-0.1, -0.05) is 214 Å². The van der Waals surface area contributed by atoms with E-state index in [1.807, 2.05) is 26.4 Å². The van der Waals surface area contributed by atoms with Crippen LogP contribution in [0.5, 0.6) is 0 Å². The van der Waals surface area contributed by atoms with Gasteiger partial charge in [0.2, 0.25) is 0 Å². The van der Waals surface area contributed by atoms with Crippen LogP contribution in [-0.4, -0.2) is 30.5 Å². The van der Waals surface area contributed by atoms with Crippen molar-refractivity contribution in [2.75, 3.05) is 19.1 Å². The number of aliphatic hydroxyl groups is 1. The molecule has 0 aromatic heterocycles. The van der Waals surface area contributed by atoms with E-state index >= 15 is 0 Å². The first kappa shape index (κ1) is 55.1. The highest BCUT2D eigenvalue weighted by Crippen LogP contribution is 2.44. The minimum absolute atomic E-state index is 0.676. The third-order valence-corrected chi connectivity index (χ3v) is 11.0. The van der Waals surface area contributed by atoms with E-state index in [4.69, 9.17) is 8.37 Å². The first-order valence-electron chi connectivity index (χ1n) is 22.9. The van der Waals surface area contributed by atoms with Gasteiger partial charge in [-0.2, -0.15) is 10.6 Å². The van der Waals surface area contributed by atoms with Gasteiger partial charge in [0, 0.05) is 18.9 Å². The molecule has 0 aliphatic carbocycles. The Hall–Kier alpha value is -0.290. The minimum atomic E-state index is -1.60. The molecule has 0 rings (SSSR count). The Kier molecular flexibility index (Phi) is 51.5. The number of unbranched alkanes of at least 4 members (excludes halogenated alkanes) is 21. The van der Waals surface area contributed by atoms with Crippen LogP contribution in [0.2, 0.25) is 0 Å². The first-order valence-corrected chi connectivity index (χ1v) is 25.2. The monoisotopic (exact) mass is 743 g/mol. The Bertz CT molecular complexity index is 662. The van der Waals surface area contributed by atoms with Gasteiger partial charge in [-0.3, -0.25) is 8.37 Å². The second-order valence-corrected chi connectivity index (χ2v) is 17.7. The van der Waals surface area contributed by atoms with E-state index in [-0.39, 0.29) is 0 Å². The molecule has 0 aromatic rings. The van der Waals surface area contributed by atoms with Crippen LogP contribution < -0.4 is 0 Å². The maximum Gasteiger partial charge on any atom is 0.177 e. The summed E-state index contributed by atoms with van der Waals surface area (Å²) in [5, 5.41) is 10.2. The van der Waals surface area contributed by atoms with E-state index in [0.717, 1.165) is 31.8 Å². The molecule has 3 nitrogen and oxygen atoms in total. The van der Waals surface area contributed by atoms with Crippen molar-refractivity contribution < 1.29 is 13.5 Å². The lowest BCUT2D eigenvalue weighted by Gasteiger charge is -2.37. The Morgan fingerprint density at radius 2 is 0.843 bits per heavy atom. The Labute approximate surface area is 326 Å². The van der Waals surface area contributed by atoms with E-state index in [9.17, 15) is 5.11 Å². The molecule has 0 spiro atoms. The summed E-state index contributed by atoms with van der Waals surface area (Å²) in [6, 6.07) is 0. The first-order chi connectivity index (χ1) is 24.9. The lowest BCUT2D eigenvalue weighted by molar-refractivity contribution is -0.0221. The molecule has 0 heterocycles. The number of hydrogen-bond donors (Lipinski definition) is 1. The molecule has 0 saturated carbocycles. The van der Waals surface area contributed by atoms with Crippen molar-refractivity contribution in [3.8, 4) is 0 Å². The maximum absolute atomic E-state index is 10.2. The van der Waals surface area contributed by atoms with Crippen LogP contribution in [0.1, 0.15) is 248 Å². The highest BCUT2D eigenvalue weighted by atomic mass is 32.3. The molecule has 0 aliphatic heterocycles. The molecule has 0 fully saturated rings. The third kappa shape index (κ3) is 49.7. The van der Waals surface area contributed by atoms with Gasteiger partial charge in [-0.25, -0.2) is 0 Å². The Morgan fingerprint density at radius 1 is 0.451 bits per heavy atom. The maximum atomic E-state index is 10.2. The lowest BCUT2D eigenvalue weighted by Crippen LogP contribution is -2.17. The quantitative estimate of drug-likeness (QED) is 0.0391. The van der Waals surface area contributed by atoms with Gasteiger partial charge in [0.15, 0.2) is 6.29 Å². The minimum Gasteiger partial charge on any atom is -0.366 e. The van der Waals surface area contributed by atoms with Crippen LogP contribution in [0.25, 0.3) is 0 Å². The molecule has 51 heavy (non-hydrogen) atoms. The predicted molar refractivity (Wildman–Crippen MR) is 237 cm³/mol. The highest BCUT2D eigenvalue weighted by Gasteiger charge is 2.15. The van der Waals surface area contributed by atoms with Crippen molar-refractivity contribution >= 4 is 10.6 Å². The van der Waals surface area contributed by atoms with Crippen LogP contribution >= 0.6 is 10.6 Å². The molecule has 0 amide bonds. The highest BCUT2D eigenvalue weighted by molar-refractivity contribution is 8.24. The molecule has 0 bridgehead atoms. The molecule has 1 N–H and O–H groups in total. The van der Waals surface area contributed by atoms with Crippen molar-refractivity contribution in [3.05, 3.63) is 24.3 Å². The van der Waals surface area contributed by atoms with Crippen LogP contribution in [0.15, 0.2) is 24.3 Å². The summed E-state index contributed by atoms with van der Waals surface area (Å²) in [5.41, 5.74) is 0. The average molecular weight is 743 g/mol. The summed E-state index contributed by atoms with van der Waals surface area (Å²) in [6.45, 7) is 16.2. The topological polar surface area (TPSA) is 38.7 Å². The average Bonchev–Trinajstić information content (AvgIpc) is 3.12. The number of allylic oxidation sites excluding steroid dienone is 4. The van der Waals surface area contributed by atoms with Gasteiger partial charge in [0.05, 0.1) is 6.61 Å². The van der Waals surface area contributed by atoms with Gasteiger partial charge in [-0.15, -0.1) is 0 Å². The second kappa shape index (κ2) is 47.7. The molecule has 0 saturated heterocycles. The van der Waals surface area contributed by atoms with Gasteiger partial charge < -0.3 is 5.11 Å². The SMILES string of the molecule is CC.CCCCC/C=C\CC/C=C\CCCCCCCC.CCCCCCCOS(C)(C)OC(O)CCCCCCCCCCC(CC)CCC. The van der Waals surface area contributed by atoms with E-state index in [0.29, 0.717) is 0 Å². The summed E-state index contributed by atoms with van der Waals surface area (Å²) in [6.07, 6.45) is 53.2. The van der Waals surface area contributed by atoms with Gasteiger partial charge in [0.1, 0.15) is 0 Å². The van der Waals surface area contributed by atoms with E-state index < -0.39 is 16.9 Å². The van der Waals surface area contributed by atoms with E-state index in [1.165, 1.54) is 180 Å². The van der Waals surface area contributed by atoms with Crippen molar-refractivity contribution in [1.29, 1.82) is 0 Å². The summed E-state index contributed by atoms with van der Waals surface area (Å²) in [5.74, 6) is 0.964. The zero-order chi connectivity index (χ0) is 38.5. The molecular weight excluding hydrogens is 645 g/mol. The van der Waals surface area contributed by atoms with Crippen LogP contribution in [0, 0.1) is 5.92 Å².